The van der Waals surface area contributed by atoms with E-state index in [0.717, 1.165) is 12.0 Å². The van der Waals surface area contributed by atoms with Crippen LogP contribution in [-0.4, -0.2) is 68.1 Å². The molecule has 2 heterocycles. The lowest BCUT2D eigenvalue weighted by Gasteiger charge is -2.28. The summed E-state index contributed by atoms with van der Waals surface area (Å²) < 4.78 is 1.79. The summed E-state index contributed by atoms with van der Waals surface area (Å²) in [5.41, 5.74) is 1.05. The van der Waals surface area contributed by atoms with E-state index in [1.54, 1.807) is 9.58 Å². The number of hydrogen-bond acceptors (Lipinski definition) is 6. The second-order valence-corrected chi connectivity index (χ2v) is 9.14. The Morgan fingerprint density at radius 3 is 2.49 bits per heavy atom. The molecule has 3 N–H and O–H groups in total. The molecule has 37 heavy (non-hydrogen) atoms. The van der Waals surface area contributed by atoms with Crippen molar-refractivity contribution in [1.82, 2.24) is 30.3 Å². The summed E-state index contributed by atoms with van der Waals surface area (Å²) in [5, 5.41) is 17.5. The summed E-state index contributed by atoms with van der Waals surface area (Å²) in [4.78, 5) is 53.0. The van der Waals surface area contributed by atoms with Gasteiger partial charge in [0.05, 0.1) is 12.6 Å². The molecule has 3 atom stereocenters. The summed E-state index contributed by atoms with van der Waals surface area (Å²) in [6.07, 6.45) is 2.06. The molecule has 0 saturated heterocycles. The van der Waals surface area contributed by atoms with Crippen LogP contribution in [0.3, 0.4) is 0 Å². The highest BCUT2D eigenvalue weighted by atomic mass is 16.3. The molecule has 0 radical (unpaired) electrons. The zero-order valence-electron chi connectivity index (χ0n) is 22.0. The highest BCUT2D eigenvalue weighted by molar-refractivity contribution is 5.88. The molecule has 3 rings (SSSR count). The summed E-state index contributed by atoms with van der Waals surface area (Å²) >= 11 is 0. The highest BCUT2D eigenvalue weighted by Gasteiger charge is 2.30. The smallest absolute Gasteiger partial charge is 0.290 e. The zero-order valence-corrected chi connectivity index (χ0v) is 22.0. The van der Waals surface area contributed by atoms with Crippen LogP contribution in [0, 0.1) is 12.8 Å². The standard InChI is InChI=1S/C25H36N6O3.CH2O2/c1-5-17(2)23-25(34)27-21(16-20-10-7-6-8-11-20)24-26-18(3)29-31(24)15-14-30(19(4)32)13-9-12-22(33)28-23;2-1-3/h6-8,10-11,17,21,23H,5,9,12-16H2,1-4H3,(H,27,34)(H,28,33);1H,(H,2,3)/t17-,21-,23-;/m0./s1. The van der Waals surface area contributed by atoms with Gasteiger partial charge >= 0.3 is 0 Å². The number of fused-ring (bicyclic) bond motifs is 1. The van der Waals surface area contributed by atoms with E-state index in [1.807, 2.05) is 51.1 Å². The number of amides is 3. The largest absolute Gasteiger partial charge is 0.483 e. The molecular formula is C26H38N6O5. The minimum Gasteiger partial charge on any atom is -0.483 e. The highest BCUT2D eigenvalue weighted by Crippen LogP contribution is 2.20. The molecular weight excluding hydrogens is 476 g/mol. The first kappa shape index (κ1) is 29.5. The van der Waals surface area contributed by atoms with Gasteiger partial charge in [-0.3, -0.25) is 19.2 Å². The van der Waals surface area contributed by atoms with Crippen LogP contribution in [0.2, 0.25) is 0 Å². The fraction of sp³-hybridized carbons (Fsp3) is 0.538. The van der Waals surface area contributed by atoms with E-state index >= 15 is 0 Å². The van der Waals surface area contributed by atoms with E-state index in [2.05, 4.69) is 20.7 Å². The second kappa shape index (κ2) is 14.7. The number of nitrogens with zero attached hydrogens (tertiary/aromatic N) is 4. The first-order valence-electron chi connectivity index (χ1n) is 12.6. The van der Waals surface area contributed by atoms with Crippen molar-refractivity contribution < 1.29 is 24.3 Å². The van der Waals surface area contributed by atoms with Gasteiger partial charge in [-0.2, -0.15) is 5.10 Å². The third-order valence-corrected chi connectivity index (χ3v) is 6.39. The van der Waals surface area contributed by atoms with Crippen molar-refractivity contribution >= 4 is 24.2 Å². The molecule has 11 nitrogen and oxygen atoms in total. The number of benzene rings is 1. The number of aryl methyl sites for hydroxylation is 1. The Labute approximate surface area is 217 Å². The molecule has 0 bridgehead atoms. The first-order valence-corrected chi connectivity index (χ1v) is 12.6. The molecule has 1 aromatic heterocycles. The monoisotopic (exact) mass is 514 g/mol. The SMILES string of the molecule is CC[C@H](C)[C@@H]1NC(=O)CCCN(C(C)=O)CCn2nc(C)nc2[C@H](Cc2ccccc2)NC1=O.O=CO. The maximum atomic E-state index is 13.5. The van der Waals surface area contributed by atoms with Crippen LogP contribution in [0.5, 0.6) is 0 Å². The molecule has 1 aliphatic heterocycles. The van der Waals surface area contributed by atoms with Crippen molar-refractivity contribution in [2.75, 3.05) is 13.1 Å². The number of carbonyl (C=O) groups excluding carboxylic acids is 3. The maximum Gasteiger partial charge on any atom is 0.290 e. The summed E-state index contributed by atoms with van der Waals surface area (Å²) in [5.74, 6) is 0.759. The van der Waals surface area contributed by atoms with E-state index in [0.29, 0.717) is 44.1 Å². The van der Waals surface area contributed by atoms with Crippen LogP contribution >= 0.6 is 0 Å². The summed E-state index contributed by atoms with van der Waals surface area (Å²) in [7, 11) is 0. The lowest BCUT2D eigenvalue weighted by Crippen LogP contribution is -2.51. The Morgan fingerprint density at radius 2 is 1.86 bits per heavy atom. The van der Waals surface area contributed by atoms with E-state index in [-0.39, 0.29) is 36.5 Å². The second-order valence-electron chi connectivity index (χ2n) is 9.14. The van der Waals surface area contributed by atoms with Crippen molar-refractivity contribution in [3.8, 4) is 0 Å². The van der Waals surface area contributed by atoms with Gasteiger partial charge in [0.15, 0.2) is 0 Å². The van der Waals surface area contributed by atoms with Gasteiger partial charge in [0, 0.05) is 26.4 Å². The van der Waals surface area contributed by atoms with E-state index in [9.17, 15) is 14.4 Å². The van der Waals surface area contributed by atoms with E-state index in [1.165, 1.54) is 6.92 Å². The maximum absolute atomic E-state index is 13.5. The first-order chi connectivity index (χ1) is 17.7. The Hall–Kier alpha value is -3.76. The minimum absolute atomic E-state index is 0.0393. The van der Waals surface area contributed by atoms with Crippen LogP contribution in [-0.2, 0) is 32.1 Å². The van der Waals surface area contributed by atoms with Gasteiger partial charge < -0.3 is 20.6 Å². The van der Waals surface area contributed by atoms with Crippen molar-refractivity contribution in [3.63, 3.8) is 0 Å². The fourth-order valence-electron chi connectivity index (χ4n) is 4.23. The van der Waals surface area contributed by atoms with Gasteiger partial charge in [-0.25, -0.2) is 9.67 Å². The predicted octanol–water partition coefficient (Wildman–Crippen LogP) is 1.86. The molecule has 0 spiro atoms. The lowest BCUT2D eigenvalue weighted by atomic mass is 9.97. The Balaban J connectivity index is 0.00000153. The van der Waals surface area contributed by atoms with Gasteiger partial charge in [0.2, 0.25) is 17.7 Å². The van der Waals surface area contributed by atoms with Gasteiger partial charge in [-0.05, 0) is 31.2 Å². The van der Waals surface area contributed by atoms with Crippen molar-refractivity contribution in [3.05, 3.63) is 47.5 Å². The van der Waals surface area contributed by atoms with E-state index < -0.39 is 12.1 Å². The predicted molar refractivity (Wildman–Crippen MR) is 137 cm³/mol. The number of carboxylic acid groups (broad SMARTS) is 1. The number of nitrogens with one attached hydrogen (secondary N) is 2. The summed E-state index contributed by atoms with van der Waals surface area (Å²) in [6, 6.07) is 8.81. The van der Waals surface area contributed by atoms with Gasteiger partial charge in [-0.1, -0.05) is 50.6 Å². The molecule has 0 aliphatic carbocycles. The minimum atomic E-state index is -0.653. The van der Waals surface area contributed by atoms with Gasteiger partial charge in [0.25, 0.3) is 6.47 Å². The summed E-state index contributed by atoms with van der Waals surface area (Å²) in [6.45, 7) is 8.45. The average Bonchev–Trinajstić information content (AvgIpc) is 3.24. The molecule has 0 fully saturated rings. The van der Waals surface area contributed by atoms with Crippen molar-refractivity contribution in [2.45, 2.75) is 72.0 Å². The number of rotatable bonds is 4. The lowest BCUT2D eigenvalue weighted by molar-refractivity contribution is -0.131. The van der Waals surface area contributed by atoms with E-state index in [4.69, 9.17) is 9.90 Å². The number of aromatic nitrogens is 3. The third-order valence-electron chi connectivity index (χ3n) is 6.39. The van der Waals surface area contributed by atoms with Crippen molar-refractivity contribution in [2.24, 2.45) is 5.92 Å². The van der Waals surface area contributed by atoms with Crippen LogP contribution in [0.15, 0.2) is 30.3 Å². The van der Waals surface area contributed by atoms with Crippen LogP contribution in [0.25, 0.3) is 0 Å². The molecule has 0 unspecified atom stereocenters. The van der Waals surface area contributed by atoms with Crippen LogP contribution in [0.1, 0.15) is 63.3 Å². The molecule has 1 aromatic carbocycles. The molecule has 3 amide bonds. The average molecular weight is 515 g/mol. The van der Waals surface area contributed by atoms with Gasteiger partial charge in [0.1, 0.15) is 17.7 Å². The molecule has 11 heteroatoms. The Bertz CT molecular complexity index is 1040. The normalized spacial score (nSPS) is 19.7. The number of hydrogen-bond donors (Lipinski definition) is 3. The molecule has 202 valence electrons. The fourth-order valence-corrected chi connectivity index (χ4v) is 4.23. The Kier molecular flexibility index (Phi) is 11.7. The zero-order chi connectivity index (χ0) is 27.4. The van der Waals surface area contributed by atoms with Gasteiger partial charge in [-0.15, -0.1) is 0 Å². The quantitative estimate of drug-likeness (QED) is 0.528. The third kappa shape index (κ3) is 9.00. The molecule has 2 aromatic rings. The molecule has 1 aliphatic rings. The number of carbonyl (C=O) groups is 4. The van der Waals surface area contributed by atoms with Crippen LogP contribution < -0.4 is 10.6 Å². The molecule has 0 saturated carbocycles. The van der Waals surface area contributed by atoms with Crippen LogP contribution in [0.4, 0.5) is 0 Å². The topological polar surface area (TPSA) is 147 Å². The van der Waals surface area contributed by atoms with Crippen molar-refractivity contribution in [1.29, 1.82) is 0 Å². The Morgan fingerprint density at radius 1 is 1.19 bits per heavy atom.